The lowest BCUT2D eigenvalue weighted by molar-refractivity contribution is -0.275. The number of amides is 2. The number of anilines is 1. The molecule has 2 aromatic carbocycles. The van der Waals surface area contributed by atoms with Crippen molar-refractivity contribution in [1.82, 2.24) is 5.43 Å². The van der Waals surface area contributed by atoms with E-state index in [4.69, 9.17) is 39.6 Å². The number of hydrogen-bond donors (Lipinski definition) is 2. The zero-order valence-electron chi connectivity index (χ0n) is 17.0. The zero-order chi connectivity index (χ0) is 24.8. The van der Waals surface area contributed by atoms with Gasteiger partial charge in [-0.25, -0.2) is 4.79 Å². The summed E-state index contributed by atoms with van der Waals surface area (Å²) in [4.78, 5) is 28.8. The molecule has 0 radical (unpaired) electrons. The summed E-state index contributed by atoms with van der Waals surface area (Å²) in [7, 11) is 0. The number of benzene rings is 2. The van der Waals surface area contributed by atoms with Crippen molar-refractivity contribution in [2.24, 2.45) is 11.1 Å². The average molecular weight is 537 g/mol. The number of nitrogens with zero attached hydrogens (tertiary/aromatic N) is 2. The number of hydrogen-bond acceptors (Lipinski definition) is 4. The van der Waals surface area contributed by atoms with Crippen molar-refractivity contribution < 1.29 is 32.7 Å². The zero-order valence-corrected chi connectivity index (χ0v) is 19.3. The lowest BCUT2D eigenvalue weighted by Crippen LogP contribution is -2.46. The summed E-state index contributed by atoms with van der Waals surface area (Å²) in [6.45, 7) is 0. The van der Waals surface area contributed by atoms with Crippen molar-refractivity contribution in [3.05, 3.63) is 62.6 Å². The predicted octanol–water partition coefficient (Wildman–Crippen LogP) is 6.15. The van der Waals surface area contributed by atoms with Crippen molar-refractivity contribution >= 4 is 58.2 Å². The lowest BCUT2D eigenvalue weighted by atomic mass is 9.86. The minimum Gasteiger partial charge on any atom is -0.463 e. The topological polar surface area (TPSA) is 91.2 Å². The fraction of sp³-hybridized carbons (Fsp3) is 0.286. The van der Waals surface area contributed by atoms with Gasteiger partial charge in [0, 0.05) is 33.5 Å². The van der Waals surface area contributed by atoms with Crippen LogP contribution in [-0.2, 0) is 15.2 Å². The van der Waals surface area contributed by atoms with E-state index >= 15 is 0 Å². The Morgan fingerprint density at radius 1 is 1.12 bits per heavy atom. The Morgan fingerprint density at radius 2 is 1.76 bits per heavy atom. The van der Waals surface area contributed by atoms with Crippen LogP contribution in [0.25, 0.3) is 0 Å². The Bertz CT molecular complexity index is 1180. The van der Waals surface area contributed by atoms with Crippen molar-refractivity contribution in [2.45, 2.75) is 31.0 Å². The molecule has 0 saturated heterocycles. The van der Waals surface area contributed by atoms with E-state index < -0.39 is 30.2 Å². The van der Waals surface area contributed by atoms with Gasteiger partial charge >= 0.3 is 12.3 Å². The first-order chi connectivity index (χ1) is 15.9. The maximum Gasteiger partial charge on any atom is 0.435 e. The Morgan fingerprint density at radius 3 is 2.32 bits per heavy atom. The van der Waals surface area contributed by atoms with Crippen LogP contribution in [0.1, 0.15) is 30.4 Å². The van der Waals surface area contributed by atoms with Crippen LogP contribution in [0.15, 0.2) is 41.6 Å². The fourth-order valence-corrected chi connectivity index (χ4v) is 4.20. The second-order valence-corrected chi connectivity index (χ2v) is 9.10. The van der Waals surface area contributed by atoms with E-state index in [2.05, 4.69) is 10.6 Å². The second kappa shape index (κ2) is 8.83. The Balaban J connectivity index is 1.69. The monoisotopic (exact) mass is 535 g/mol. The number of carboxylic acid groups (broad SMARTS) is 1. The molecule has 2 aliphatic rings. The van der Waals surface area contributed by atoms with E-state index in [-0.39, 0.29) is 43.5 Å². The second-order valence-electron chi connectivity index (χ2n) is 7.82. The largest absolute Gasteiger partial charge is 0.463 e. The van der Waals surface area contributed by atoms with E-state index in [0.717, 1.165) is 12.1 Å². The smallest absolute Gasteiger partial charge is 0.435 e. The molecule has 1 atom stereocenters. The number of carbonyl (C=O) groups excluding carboxylic acids is 1. The average Bonchev–Trinajstić information content (AvgIpc) is 3.48. The molecule has 0 aromatic heterocycles. The molecule has 1 fully saturated rings. The third-order valence-electron chi connectivity index (χ3n) is 5.40. The first-order valence-corrected chi connectivity index (χ1v) is 11.0. The van der Waals surface area contributed by atoms with Crippen molar-refractivity contribution in [3.63, 3.8) is 0 Å². The summed E-state index contributed by atoms with van der Waals surface area (Å²) < 4.78 is 42.7. The van der Waals surface area contributed by atoms with E-state index in [1.165, 1.54) is 24.3 Å². The molecule has 2 aromatic rings. The van der Waals surface area contributed by atoms with Crippen LogP contribution in [0.3, 0.4) is 0 Å². The Labute approximate surface area is 206 Å². The third-order valence-corrected chi connectivity index (χ3v) is 6.15. The van der Waals surface area contributed by atoms with Crippen LogP contribution in [0, 0.1) is 5.92 Å². The van der Waals surface area contributed by atoms with Crippen LogP contribution in [0.5, 0.6) is 0 Å². The number of alkyl halides is 3. The summed E-state index contributed by atoms with van der Waals surface area (Å²) in [6.07, 6.45) is -5.90. The van der Waals surface area contributed by atoms with E-state index in [9.17, 15) is 27.9 Å². The summed E-state index contributed by atoms with van der Waals surface area (Å²) in [5.74, 6) is -0.798. The molecule has 2 amide bonds. The Hall–Kier alpha value is -2.69. The highest BCUT2D eigenvalue weighted by Crippen LogP contribution is 2.50. The van der Waals surface area contributed by atoms with Crippen molar-refractivity contribution in [3.8, 4) is 0 Å². The van der Waals surface area contributed by atoms with Gasteiger partial charge in [-0.15, -0.1) is 0 Å². The van der Waals surface area contributed by atoms with E-state index in [1.807, 2.05) is 0 Å². The SMILES string of the molecule is O=C(NN(C(=O)O)c1cc(C2=NOC(c3cc(Cl)cc(Cl)c3)(C(F)(F)F)C2)ccc1Cl)C1CC1. The number of oxime groups is 1. The maximum absolute atomic E-state index is 14.2. The van der Waals surface area contributed by atoms with Gasteiger partial charge in [0.05, 0.1) is 16.4 Å². The number of hydrazine groups is 1. The summed E-state index contributed by atoms with van der Waals surface area (Å²) >= 11 is 18.0. The van der Waals surface area contributed by atoms with Crippen LogP contribution >= 0.6 is 34.8 Å². The highest BCUT2D eigenvalue weighted by Gasteiger charge is 2.62. The van der Waals surface area contributed by atoms with E-state index in [1.54, 1.807) is 0 Å². The first kappa shape index (κ1) is 24.4. The summed E-state index contributed by atoms with van der Waals surface area (Å²) in [5, 5.41) is 13.7. The van der Waals surface area contributed by atoms with Crippen LogP contribution in [0.2, 0.25) is 15.1 Å². The van der Waals surface area contributed by atoms with Gasteiger partial charge in [0.15, 0.2) is 0 Å². The molecule has 7 nitrogen and oxygen atoms in total. The number of rotatable bonds is 4. The van der Waals surface area contributed by atoms with Crippen LogP contribution < -0.4 is 10.4 Å². The van der Waals surface area contributed by atoms with Crippen molar-refractivity contribution in [1.29, 1.82) is 0 Å². The summed E-state index contributed by atoms with van der Waals surface area (Å²) in [6, 6.07) is 7.34. The number of nitrogens with one attached hydrogen (secondary N) is 1. The van der Waals surface area contributed by atoms with Crippen LogP contribution in [0.4, 0.5) is 23.7 Å². The molecule has 2 N–H and O–H groups in total. The molecular formula is C21H15Cl3F3N3O4. The molecule has 13 heteroatoms. The van der Waals surface area contributed by atoms with Crippen LogP contribution in [-0.4, -0.2) is 29.0 Å². The molecule has 0 spiro atoms. The van der Waals surface area contributed by atoms with Gasteiger partial charge in [0.1, 0.15) is 0 Å². The standard InChI is InChI=1S/C21H15Cl3F3N3O4/c22-13-6-12(7-14(23)8-13)20(21(25,26)27)9-16(29-34-20)11-3-4-15(24)17(5-11)30(19(32)33)28-18(31)10-1-2-10/h3-8,10H,1-2,9H2,(H,28,31)(H,32,33). The van der Waals surface area contributed by atoms with Gasteiger partial charge in [0.25, 0.3) is 5.60 Å². The molecule has 1 heterocycles. The molecule has 4 rings (SSSR count). The molecule has 1 saturated carbocycles. The molecular weight excluding hydrogens is 522 g/mol. The first-order valence-electron chi connectivity index (χ1n) is 9.83. The van der Waals surface area contributed by atoms with Gasteiger partial charge in [-0.05, 0) is 43.2 Å². The van der Waals surface area contributed by atoms with Gasteiger partial charge in [-0.3, -0.25) is 10.2 Å². The molecule has 0 bridgehead atoms. The normalized spacial score (nSPS) is 19.9. The maximum atomic E-state index is 14.2. The Kier molecular flexibility index (Phi) is 6.34. The minimum atomic E-state index is -4.90. The lowest BCUT2D eigenvalue weighted by Gasteiger charge is -2.29. The van der Waals surface area contributed by atoms with E-state index in [0.29, 0.717) is 17.9 Å². The third kappa shape index (κ3) is 4.62. The van der Waals surface area contributed by atoms with Gasteiger partial charge in [0.2, 0.25) is 5.91 Å². The quantitative estimate of drug-likeness (QED) is 0.458. The number of carbonyl (C=O) groups is 2. The molecule has 1 unspecified atom stereocenters. The summed E-state index contributed by atoms with van der Waals surface area (Å²) in [5.41, 5.74) is -1.09. The minimum absolute atomic E-state index is 0.0135. The van der Waals surface area contributed by atoms with Crippen molar-refractivity contribution in [2.75, 3.05) is 5.01 Å². The fourth-order valence-electron chi connectivity index (χ4n) is 3.47. The van der Waals surface area contributed by atoms with Gasteiger partial charge < -0.3 is 9.94 Å². The van der Waals surface area contributed by atoms with Gasteiger partial charge in [-0.2, -0.15) is 18.2 Å². The molecule has 1 aliphatic carbocycles. The highest BCUT2D eigenvalue weighted by atomic mass is 35.5. The molecule has 180 valence electrons. The highest BCUT2D eigenvalue weighted by molar-refractivity contribution is 6.35. The number of halogens is 6. The molecule has 1 aliphatic heterocycles. The molecule has 34 heavy (non-hydrogen) atoms. The predicted molar refractivity (Wildman–Crippen MR) is 119 cm³/mol. The van der Waals surface area contributed by atoms with Gasteiger partial charge in [-0.1, -0.05) is 46.0 Å².